The smallest absolute Gasteiger partial charge is 0.254 e. The van der Waals surface area contributed by atoms with Crippen LogP contribution in [0.4, 0.5) is 0 Å². The SMILES string of the molecule is CCCN(CC(=O)N(CCc1ccc(OC)c(OC)c1)Cc1cccs1)C(=O)c1cccc2ccccc12. The molecule has 38 heavy (non-hydrogen) atoms. The molecule has 0 bridgehead atoms. The Balaban J connectivity index is 1.53. The van der Waals surface area contributed by atoms with Gasteiger partial charge in [0.1, 0.15) is 6.54 Å². The topological polar surface area (TPSA) is 59.1 Å². The Morgan fingerprint density at radius 1 is 0.842 bits per heavy atom. The van der Waals surface area contributed by atoms with Gasteiger partial charge in [0, 0.05) is 23.5 Å². The van der Waals surface area contributed by atoms with Crippen molar-refractivity contribution < 1.29 is 19.1 Å². The molecule has 1 heterocycles. The van der Waals surface area contributed by atoms with Crippen molar-refractivity contribution in [3.05, 3.63) is 94.2 Å². The predicted molar refractivity (Wildman–Crippen MR) is 153 cm³/mol. The lowest BCUT2D eigenvalue weighted by Crippen LogP contribution is -2.43. The van der Waals surface area contributed by atoms with Crippen LogP contribution in [-0.4, -0.2) is 55.5 Å². The highest BCUT2D eigenvalue weighted by Gasteiger charge is 2.23. The van der Waals surface area contributed by atoms with Gasteiger partial charge in [-0.15, -0.1) is 11.3 Å². The van der Waals surface area contributed by atoms with Crippen molar-refractivity contribution in [2.45, 2.75) is 26.3 Å². The highest BCUT2D eigenvalue weighted by Crippen LogP contribution is 2.28. The molecule has 0 N–H and O–H groups in total. The van der Waals surface area contributed by atoms with Crippen LogP contribution in [0.15, 0.2) is 78.2 Å². The molecule has 0 saturated heterocycles. The third-order valence-corrected chi connectivity index (χ3v) is 7.39. The number of carbonyl (C=O) groups is 2. The number of thiophene rings is 1. The molecule has 0 fully saturated rings. The van der Waals surface area contributed by atoms with E-state index >= 15 is 0 Å². The molecule has 4 aromatic rings. The van der Waals surface area contributed by atoms with E-state index in [2.05, 4.69) is 0 Å². The number of ether oxygens (including phenoxy) is 2. The van der Waals surface area contributed by atoms with E-state index in [-0.39, 0.29) is 18.4 Å². The zero-order valence-electron chi connectivity index (χ0n) is 22.2. The largest absolute Gasteiger partial charge is 0.493 e. The molecular formula is C31H34N2O4S. The second-order valence-electron chi connectivity index (χ2n) is 9.09. The van der Waals surface area contributed by atoms with Gasteiger partial charge >= 0.3 is 0 Å². The van der Waals surface area contributed by atoms with Crippen LogP contribution in [0.2, 0.25) is 0 Å². The minimum Gasteiger partial charge on any atom is -0.493 e. The van der Waals surface area contributed by atoms with Crippen LogP contribution in [0.25, 0.3) is 10.8 Å². The van der Waals surface area contributed by atoms with Gasteiger partial charge in [0.2, 0.25) is 5.91 Å². The summed E-state index contributed by atoms with van der Waals surface area (Å²) < 4.78 is 10.8. The van der Waals surface area contributed by atoms with Crippen LogP contribution in [0.5, 0.6) is 11.5 Å². The van der Waals surface area contributed by atoms with E-state index in [1.807, 2.05) is 90.0 Å². The summed E-state index contributed by atoms with van der Waals surface area (Å²) in [5.41, 5.74) is 1.67. The van der Waals surface area contributed by atoms with E-state index < -0.39 is 0 Å². The van der Waals surface area contributed by atoms with Gasteiger partial charge in [-0.25, -0.2) is 0 Å². The van der Waals surface area contributed by atoms with Gasteiger partial charge in [-0.3, -0.25) is 9.59 Å². The molecule has 0 radical (unpaired) electrons. The van der Waals surface area contributed by atoms with E-state index in [0.29, 0.717) is 43.1 Å². The van der Waals surface area contributed by atoms with Gasteiger partial charge in [-0.05, 0) is 58.8 Å². The summed E-state index contributed by atoms with van der Waals surface area (Å²) in [6.07, 6.45) is 1.42. The molecule has 2 amide bonds. The Hall–Kier alpha value is -3.84. The Morgan fingerprint density at radius 2 is 1.63 bits per heavy atom. The van der Waals surface area contributed by atoms with Crippen LogP contribution < -0.4 is 9.47 Å². The highest BCUT2D eigenvalue weighted by molar-refractivity contribution is 7.09. The zero-order valence-corrected chi connectivity index (χ0v) is 23.0. The Kier molecular flexibility index (Phi) is 9.38. The number of methoxy groups -OCH3 is 2. The predicted octanol–water partition coefficient (Wildman–Crippen LogP) is 6.04. The van der Waals surface area contributed by atoms with Crippen molar-refractivity contribution in [2.75, 3.05) is 33.9 Å². The van der Waals surface area contributed by atoms with Crippen LogP contribution in [-0.2, 0) is 17.8 Å². The van der Waals surface area contributed by atoms with Crippen molar-refractivity contribution in [1.82, 2.24) is 9.80 Å². The zero-order chi connectivity index (χ0) is 26.9. The summed E-state index contributed by atoms with van der Waals surface area (Å²) in [7, 11) is 3.23. The van der Waals surface area contributed by atoms with E-state index in [0.717, 1.165) is 27.6 Å². The second kappa shape index (κ2) is 13.1. The van der Waals surface area contributed by atoms with Gasteiger partial charge in [0.15, 0.2) is 11.5 Å². The standard InChI is InChI=1S/C31H34N2O4S/c1-4-17-33(31(35)27-13-7-10-24-9-5-6-12-26(24)27)22-30(34)32(21-25-11-8-19-38-25)18-16-23-14-15-28(36-2)29(20-23)37-3/h5-15,19-20H,4,16-18,21-22H2,1-3H3. The van der Waals surface area contributed by atoms with Gasteiger partial charge in [-0.1, -0.05) is 55.5 Å². The molecule has 4 rings (SSSR count). The maximum absolute atomic E-state index is 13.7. The molecule has 1 aromatic heterocycles. The highest BCUT2D eigenvalue weighted by atomic mass is 32.1. The Labute approximate surface area is 228 Å². The maximum atomic E-state index is 13.7. The molecule has 0 atom stereocenters. The molecule has 0 saturated carbocycles. The fraction of sp³-hybridized carbons (Fsp3) is 0.290. The van der Waals surface area contributed by atoms with Crippen LogP contribution in [0.3, 0.4) is 0 Å². The number of nitrogens with zero attached hydrogens (tertiary/aromatic N) is 2. The van der Waals surface area contributed by atoms with Crippen molar-refractivity contribution in [3.8, 4) is 11.5 Å². The molecule has 0 aliphatic heterocycles. The number of amides is 2. The maximum Gasteiger partial charge on any atom is 0.254 e. The lowest BCUT2D eigenvalue weighted by molar-refractivity contribution is -0.132. The number of hydrogen-bond acceptors (Lipinski definition) is 5. The fourth-order valence-electron chi connectivity index (χ4n) is 4.55. The summed E-state index contributed by atoms with van der Waals surface area (Å²) in [6, 6.07) is 23.4. The lowest BCUT2D eigenvalue weighted by Gasteiger charge is -2.28. The number of fused-ring (bicyclic) bond motifs is 1. The van der Waals surface area contributed by atoms with E-state index in [1.54, 1.807) is 30.5 Å². The number of rotatable bonds is 12. The molecule has 198 valence electrons. The summed E-state index contributed by atoms with van der Waals surface area (Å²) >= 11 is 1.62. The van der Waals surface area contributed by atoms with E-state index in [1.165, 1.54) is 0 Å². The normalized spacial score (nSPS) is 10.8. The molecule has 0 aliphatic rings. The number of hydrogen-bond donors (Lipinski definition) is 0. The Bertz CT molecular complexity index is 1360. The quantitative estimate of drug-likeness (QED) is 0.224. The summed E-state index contributed by atoms with van der Waals surface area (Å²) in [5, 5.41) is 3.92. The molecule has 0 aliphatic carbocycles. The summed E-state index contributed by atoms with van der Waals surface area (Å²) in [6.45, 7) is 3.60. The summed E-state index contributed by atoms with van der Waals surface area (Å²) in [4.78, 5) is 32.0. The monoisotopic (exact) mass is 530 g/mol. The molecule has 0 spiro atoms. The average Bonchev–Trinajstić information content (AvgIpc) is 3.47. The van der Waals surface area contributed by atoms with Gasteiger partial charge in [-0.2, -0.15) is 0 Å². The minimum absolute atomic E-state index is 0.0349. The van der Waals surface area contributed by atoms with Crippen LogP contribution in [0, 0.1) is 0 Å². The number of carbonyl (C=O) groups excluding carboxylic acids is 2. The van der Waals surface area contributed by atoms with E-state index in [4.69, 9.17) is 9.47 Å². The van der Waals surface area contributed by atoms with Crippen molar-refractivity contribution in [1.29, 1.82) is 0 Å². The molecule has 3 aromatic carbocycles. The average molecular weight is 531 g/mol. The van der Waals surface area contributed by atoms with Gasteiger partial charge in [0.25, 0.3) is 5.91 Å². The Morgan fingerprint density at radius 3 is 2.37 bits per heavy atom. The molecule has 0 unspecified atom stereocenters. The van der Waals surface area contributed by atoms with Crippen LogP contribution >= 0.6 is 11.3 Å². The van der Waals surface area contributed by atoms with Crippen molar-refractivity contribution in [3.63, 3.8) is 0 Å². The minimum atomic E-state index is -0.118. The first kappa shape index (κ1) is 27.2. The first-order chi connectivity index (χ1) is 18.5. The number of benzene rings is 3. The van der Waals surface area contributed by atoms with E-state index in [9.17, 15) is 9.59 Å². The molecule has 6 nitrogen and oxygen atoms in total. The lowest BCUT2D eigenvalue weighted by atomic mass is 10.0. The van der Waals surface area contributed by atoms with Crippen molar-refractivity contribution in [2.24, 2.45) is 0 Å². The fourth-order valence-corrected chi connectivity index (χ4v) is 5.27. The van der Waals surface area contributed by atoms with Crippen molar-refractivity contribution >= 4 is 33.9 Å². The first-order valence-electron chi connectivity index (χ1n) is 12.8. The summed E-state index contributed by atoms with van der Waals surface area (Å²) in [5.74, 6) is 1.15. The molecule has 7 heteroatoms. The second-order valence-corrected chi connectivity index (χ2v) is 10.1. The third kappa shape index (κ3) is 6.53. The first-order valence-corrected chi connectivity index (χ1v) is 13.7. The van der Waals surface area contributed by atoms with Crippen LogP contribution in [0.1, 0.15) is 34.1 Å². The van der Waals surface area contributed by atoms with Gasteiger partial charge < -0.3 is 19.3 Å². The molecular weight excluding hydrogens is 496 g/mol. The third-order valence-electron chi connectivity index (χ3n) is 6.52. The van der Waals surface area contributed by atoms with Gasteiger partial charge in [0.05, 0.1) is 20.8 Å².